The standard InChI is InChI=1S/C21H21ClN2O5/c1-21(2,3)29-20(26)24-11-16(15-6-7-17(22)23-19(15)24)18(25)12-8-13(27-4)10-14(9-12)28-5/h6-11H,1-5H3. The van der Waals surface area contributed by atoms with E-state index >= 15 is 0 Å². The molecule has 2 aromatic heterocycles. The van der Waals surface area contributed by atoms with Gasteiger partial charge in [0.05, 0.1) is 19.8 Å². The molecular weight excluding hydrogens is 396 g/mol. The molecule has 0 spiro atoms. The van der Waals surface area contributed by atoms with Gasteiger partial charge in [-0.05, 0) is 45.0 Å². The molecule has 0 aliphatic heterocycles. The molecule has 3 aromatic rings. The summed E-state index contributed by atoms with van der Waals surface area (Å²) in [7, 11) is 3.01. The van der Waals surface area contributed by atoms with Crippen molar-refractivity contribution in [2.75, 3.05) is 14.2 Å². The van der Waals surface area contributed by atoms with Gasteiger partial charge in [-0.15, -0.1) is 0 Å². The fourth-order valence-corrected chi connectivity index (χ4v) is 2.95. The number of fused-ring (bicyclic) bond motifs is 1. The zero-order chi connectivity index (χ0) is 21.3. The largest absolute Gasteiger partial charge is 0.497 e. The Kier molecular flexibility index (Phi) is 5.53. The predicted octanol–water partition coefficient (Wildman–Crippen LogP) is 4.72. The topological polar surface area (TPSA) is 79.7 Å². The monoisotopic (exact) mass is 416 g/mol. The van der Waals surface area contributed by atoms with Crippen molar-refractivity contribution in [3.05, 3.63) is 52.8 Å². The highest BCUT2D eigenvalue weighted by Crippen LogP contribution is 2.29. The average molecular weight is 417 g/mol. The molecule has 0 aliphatic carbocycles. The first-order chi connectivity index (χ1) is 13.6. The lowest BCUT2D eigenvalue weighted by atomic mass is 10.0. The summed E-state index contributed by atoms with van der Waals surface area (Å²) in [5.74, 6) is 0.633. The summed E-state index contributed by atoms with van der Waals surface area (Å²) in [4.78, 5) is 30.1. The van der Waals surface area contributed by atoms with E-state index in [0.717, 1.165) is 0 Å². The molecule has 7 nitrogen and oxygen atoms in total. The number of hydrogen-bond acceptors (Lipinski definition) is 6. The Morgan fingerprint density at radius 1 is 1.03 bits per heavy atom. The summed E-state index contributed by atoms with van der Waals surface area (Å²) in [6.07, 6.45) is 0.760. The molecule has 1 aromatic carbocycles. The highest BCUT2D eigenvalue weighted by atomic mass is 35.5. The van der Waals surface area contributed by atoms with Gasteiger partial charge in [0.25, 0.3) is 0 Å². The smallest absolute Gasteiger partial charge is 0.420 e. The van der Waals surface area contributed by atoms with Gasteiger partial charge in [0, 0.05) is 23.2 Å². The predicted molar refractivity (Wildman–Crippen MR) is 109 cm³/mol. The van der Waals surface area contributed by atoms with Gasteiger partial charge < -0.3 is 14.2 Å². The molecule has 0 N–H and O–H groups in total. The van der Waals surface area contributed by atoms with Crippen molar-refractivity contribution in [1.29, 1.82) is 0 Å². The maximum atomic E-state index is 13.3. The number of aromatic nitrogens is 2. The second kappa shape index (κ2) is 7.75. The van der Waals surface area contributed by atoms with Gasteiger partial charge in [0.2, 0.25) is 0 Å². The van der Waals surface area contributed by atoms with Crippen molar-refractivity contribution in [1.82, 2.24) is 9.55 Å². The van der Waals surface area contributed by atoms with E-state index in [1.54, 1.807) is 51.1 Å². The van der Waals surface area contributed by atoms with Crippen molar-refractivity contribution >= 4 is 34.5 Å². The van der Waals surface area contributed by atoms with Gasteiger partial charge >= 0.3 is 6.09 Å². The quantitative estimate of drug-likeness (QED) is 0.452. The van der Waals surface area contributed by atoms with Crippen LogP contribution in [0.25, 0.3) is 11.0 Å². The SMILES string of the molecule is COc1cc(OC)cc(C(=O)c2cn(C(=O)OC(C)(C)C)c3nc(Cl)ccc23)c1. The minimum absolute atomic E-state index is 0.197. The van der Waals surface area contributed by atoms with Gasteiger partial charge in [-0.25, -0.2) is 14.3 Å². The van der Waals surface area contributed by atoms with Crippen molar-refractivity contribution in [3.8, 4) is 11.5 Å². The van der Waals surface area contributed by atoms with Crippen LogP contribution < -0.4 is 9.47 Å². The van der Waals surface area contributed by atoms with E-state index < -0.39 is 11.7 Å². The van der Waals surface area contributed by atoms with Crippen LogP contribution in [0.5, 0.6) is 11.5 Å². The number of rotatable bonds is 4. The molecule has 0 unspecified atom stereocenters. The van der Waals surface area contributed by atoms with Crippen molar-refractivity contribution in [2.45, 2.75) is 26.4 Å². The lowest BCUT2D eigenvalue weighted by Gasteiger charge is -2.19. The van der Waals surface area contributed by atoms with E-state index in [-0.39, 0.29) is 22.1 Å². The molecule has 0 bridgehead atoms. The van der Waals surface area contributed by atoms with Gasteiger partial charge in [-0.1, -0.05) is 11.6 Å². The average Bonchev–Trinajstić information content (AvgIpc) is 3.04. The minimum Gasteiger partial charge on any atom is -0.497 e. The molecule has 3 rings (SSSR count). The molecular formula is C21H21ClN2O5. The number of halogens is 1. The van der Waals surface area contributed by atoms with E-state index in [1.165, 1.54) is 25.0 Å². The first-order valence-electron chi connectivity index (χ1n) is 8.81. The van der Waals surface area contributed by atoms with Crippen LogP contribution in [0.4, 0.5) is 4.79 Å². The Bertz CT molecular complexity index is 1080. The zero-order valence-corrected chi connectivity index (χ0v) is 17.5. The number of ether oxygens (including phenoxy) is 3. The number of hydrogen-bond donors (Lipinski definition) is 0. The van der Waals surface area contributed by atoms with Crippen LogP contribution in [0.2, 0.25) is 5.15 Å². The van der Waals surface area contributed by atoms with E-state index in [2.05, 4.69) is 4.98 Å². The molecule has 0 saturated heterocycles. The van der Waals surface area contributed by atoms with E-state index in [0.29, 0.717) is 22.4 Å². The Hall–Kier alpha value is -3.06. The molecule has 0 aliphatic rings. The molecule has 0 fully saturated rings. The first-order valence-corrected chi connectivity index (χ1v) is 9.19. The number of nitrogens with zero attached hydrogens (tertiary/aromatic N) is 2. The normalized spacial score (nSPS) is 11.4. The van der Waals surface area contributed by atoms with Gasteiger partial charge in [-0.3, -0.25) is 4.79 Å². The summed E-state index contributed by atoms with van der Waals surface area (Å²) in [6.45, 7) is 5.27. The Morgan fingerprint density at radius 2 is 1.66 bits per heavy atom. The zero-order valence-electron chi connectivity index (χ0n) is 16.8. The lowest BCUT2D eigenvalue weighted by molar-refractivity contribution is 0.0543. The summed E-state index contributed by atoms with van der Waals surface area (Å²) in [6, 6.07) is 8.08. The molecule has 0 radical (unpaired) electrons. The number of carbonyl (C=O) groups excluding carboxylic acids is 2. The fraction of sp³-hybridized carbons (Fsp3) is 0.286. The van der Waals surface area contributed by atoms with Crippen LogP contribution in [0, 0.1) is 0 Å². The Balaban J connectivity index is 2.15. The second-order valence-electron chi connectivity index (χ2n) is 7.33. The summed E-state index contributed by atoms with van der Waals surface area (Å²) < 4.78 is 17.1. The fourth-order valence-electron chi connectivity index (χ4n) is 2.80. The molecule has 29 heavy (non-hydrogen) atoms. The Labute approximate surface area is 173 Å². The van der Waals surface area contributed by atoms with Crippen molar-refractivity contribution in [2.24, 2.45) is 0 Å². The molecule has 152 valence electrons. The third-order valence-corrected chi connectivity index (χ3v) is 4.28. The summed E-state index contributed by atoms with van der Waals surface area (Å²) >= 11 is 6.02. The summed E-state index contributed by atoms with van der Waals surface area (Å²) in [5, 5.41) is 0.675. The van der Waals surface area contributed by atoms with E-state index in [1.807, 2.05) is 0 Å². The van der Waals surface area contributed by atoms with Crippen LogP contribution in [-0.2, 0) is 4.74 Å². The maximum absolute atomic E-state index is 13.3. The van der Waals surface area contributed by atoms with Crippen LogP contribution in [0.3, 0.4) is 0 Å². The van der Waals surface area contributed by atoms with Crippen molar-refractivity contribution in [3.63, 3.8) is 0 Å². The van der Waals surface area contributed by atoms with Crippen LogP contribution in [0.15, 0.2) is 36.5 Å². The third kappa shape index (κ3) is 4.35. The second-order valence-corrected chi connectivity index (χ2v) is 7.72. The van der Waals surface area contributed by atoms with Gasteiger partial charge in [0.15, 0.2) is 11.4 Å². The molecule has 2 heterocycles. The molecule has 8 heteroatoms. The summed E-state index contributed by atoms with van der Waals surface area (Å²) in [5.41, 5.74) is 0.158. The third-order valence-electron chi connectivity index (χ3n) is 4.07. The van der Waals surface area contributed by atoms with Gasteiger partial charge in [-0.2, -0.15) is 0 Å². The molecule has 0 atom stereocenters. The van der Waals surface area contributed by atoms with Crippen LogP contribution in [0.1, 0.15) is 36.7 Å². The molecule has 0 saturated carbocycles. The maximum Gasteiger partial charge on any atom is 0.420 e. The highest BCUT2D eigenvalue weighted by molar-refractivity contribution is 6.30. The molecule has 0 amide bonds. The lowest BCUT2D eigenvalue weighted by Crippen LogP contribution is -2.27. The van der Waals surface area contributed by atoms with E-state index in [4.69, 9.17) is 25.8 Å². The highest BCUT2D eigenvalue weighted by Gasteiger charge is 2.25. The number of benzene rings is 1. The van der Waals surface area contributed by atoms with Crippen LogP contribution >= 0.6 is 11.6 Å². The van der Waals surface area contributed by atoms with E-state index in [9.17, 15) is 9.59 Å². The number of pyridine rings is 1. The first kappa shape index (κ1) is 20.7. The minimum atomic E-state index is -0.712. The Morgan fingerprint density at radius 3 is 2.21 bits per heavy atom. The van der Waals surface area contributed by atoms with Gasteiger partial charge in [0.1, 0.15) is 22.3 Å². The van der Waals surface area contributed by atoms with Crippen LogP contribution in [-0.4, -0.2) is 41.2 Å². The van der Waals surface area contributed by atoms with Crippen molar-refractivity contribution < 1.29 is 23.8 Å². The number of carbonyl (C=O) groups is 2. The number of methoxy groups -OCH3 is 2. The number of ketones is 1.